The fourth-order valence-electron chi connectivity index (χ4n) is 2.83. The molecule has 0 spiro atoms. The average Bonchev–Trinajstić information content (AvgIpc) is 2.78. The van der Waals surface area contributed by atoms with Crippen LogP contribution in [0, 0.1) is 11.6 Å². The van der Waals surface area contributed by atoms with Gasteiger partial charge in [0.15, 0.2) is 5.82 Å². The summed E-state index contributed by atoms with van der Waals surface area (Å²) in [6, 6.07) is 11.7. The summed E-state index contributed by atoms with van der Waals surface area (Å²) in [4.78, 5) is 22.6. The number of methoxy groups -OCH3 is 2. The molecule has 0 radical (unpaired) electrons. The molecular weight excluding hydrogens is 428 g/mol. The Kier molecular flexibility index (Phi) is 7.49. The van der Waals surface area contributed by atoms with Gasteiger partial charge in [-0.15, -0.1) is 0 Å². The van der Waals surface area contributed by atoms with Crippen molar-refractivity contribution in [3.05, 3.63) is 65.2 Å². The molecule has 1 aromatic heterocycles. The number of aromatic nitrogens is 2. The number of halogens is 3. The average molecular weight is 448 g/mol. The van der Waals surface area contributed by atoms with Crippen molar-refractivity contribution >= 4 is 23.4 Å². The SMILES string of the molecule is COCCN(CC(=O)OC)c1cc(-c2ccc(F)cc2)nc(-c2ccc(Cl)c(F)c2)n1. The third-order valence-electron chi connectivity index (χ3n) is 4.47. The van der Waals surface area contributed by atoms with Crippen molar-refractivity contribution < 1.29 is 23.0 Å². The Bertz CT molecular complexity index is 1060. The molecule has 0 aliphatic heterocycles. The molecule has 0 saturated heterocycles. The first-order chi connectivity index (χ1) is 14.9. The number of anilines is 1. The van der Waals surface area contributed by atoms with E-state index >= 15 is 0 Å². The predicted molar refractivity (Wildman–Crippen MR) is 114 cm³/mol. The van der Waals surface area contributed by atoms with Gasteiger partial charge in [-0.05, 0) is 42.5 Å². The van der Waals surface area contributed by atoms with Gasteiger partial charge in [-0.3, -0.25) is 4.79 Å². The number of hydrogen-bond acceptors (Lipinski definition) is 6. The lowest BCUT2D eigenvalue weighted by molar-refractivity contribution is -0.139. The maximum atomic E-state index is 14.1. The zero-order valence-corrected chi connectivity index (χ0v) is 17.7. The van der Waals surface area contributed by atoms with Gasteiger partial charge in [0.1, 0.15) is 24.0 Å². The Balaban J connectivity index is 2.13. The highest BCUT2D eigenvalue weighted by molar-refractivity contribution is 6.30. The fraction of sp³-hybridized carbons (Fsp3) is 0.227. The highest BCUT2D eigenvalue weighted by atomic mass is 35.5. The van der Waals surface area contributed by atoms with Crippen LogP contribution in [-0.2, 0) is 14.3 Å². The van der Waals surface area contributed by atoms with Crippen LogP contribution in [0.4, 0.5) is 14.6 Å². The monoisotopic (exact) mass is 447 g/mol. The summed E-state index contributed by atoms with van der Waals surface area (Å²) < 4.78 is 37.4. The van der Waals surface area contributed by atoms with Crippen molar-refractivity contribution in [2.24, 2.45) is 0 Å². The molecule has 9 heteroatoms. The van der Waals surface area contributed by atoms with Gasteiger partial charge in [0.05, 0.1) is 24.4 Å². The third kappa shape index (κ3) is 5.74. The Labute approximate surface area is 183 Å². The minimum atomic E-state index is -0.609. The van der Waals surface area contributed by atoms with Gasteiger partial charge in [0.25, 0.3) is 0 Å². The molecule has 31 heavy (non-hydrogen) atoms. The molecule has 0 aliphatic rings. The standard InChI is InChI=1S/C22H20ClF2N3O3/c1-30-10-9-28(13-21(29)31-2)20-12-19(14-3-6-16(24)7-4-14)26-22(27-20)15-5-8-17(23)18(25)11-15/h3-8,11-12H,9-10,13H2,1-2H3. The number of carbonyl (C=O) groups is 1. The lowest BCUT2D eigenvalue weighted by Crippen LogP contribution is -2.34. The Morgan fingerprint density at radius 3 is 2.39 bits per heavy atom. The number of esters is 1. The van der Waals surface area contributed by atoms with E-state index in [9.17, 15) is 13.6 Å². The summed E-state index contributed by atoms with van der Waals surface area (Å²) in [5.41, 5.74) is 1.50. The quantitative estimate of drug-likeness (QED) is 0.478. The molecular formula is C22H20ClF2N3O3. The van der Waals surface area contributed by atoms with E-state index in [4.69, 9.17) is 21.1 Å². The largest absolute Gasteiger partial charge is 0.468 e. The highest BCUT2D eigenvalue weighted by Gasteiger charge is 2.18. The van der Waals surface area contributed by atoms with Crippen LogP contribution in [0.1, 0.15) is 0 Å². The molecule has 0 fully saturated rings. The van der Waals surface area contributed by atoms with Crippen LogP contribution in [0.25, 0.3) is 22.6 Å². The first-order valence-corrected chi connectivity index (χ1v) is 9.70. The number of carbonyl (C=O) groups excluding carboxylic acids is 1. The summed E-state index contributed by atoms with van der Waals surface area (Å²) in [5, 5.41) is -0.0222. The lowest BCUT2D eigenvalue weighted by Gasteiger charge is -2.23. The molecule has 0 amide bonds. The van der Waals surface area contributed by atoms with Crippen molar-refractivity contribution in [1.29, 1.82) is 0 Å². The van der Waals surface area contributed by atoms with Gasteiger partial charge in [-0.2, -0.15) is 0 Å². The van der Waals surface area contributed by atoms with Gasteiger partial charge in [-0.25, -0.2) is 18.7 Å². The van der Waals surface area contributed by atoms with Crippen LogP contribution in [0.2, 0.25) is 5.02 Å². The van der Waals surface area contributed by atoms with Crippen LogP contribution < -0.4 is 4.90 Å². The Morgan fingerprint density at radius 2 is 1.74 bits per heavy atom. The molecule has 6 nitrogen and oxygen atoms in total. The van der Waals surface area contributed by atoms with Gasteiger partial charge < -0.3 is 14.4 Å². The van der Waals surface area contributed by atoms with Crippen LogP contribution in [0.15, 0.2) is 48.5 Å². The van der Waals surface area contributed by atoms with Crippen molar-refractivity contribution in [2.75, 3.05) is 38.8 Å². The van der Waals surface area contributed by atoms with E-state index in [1.165, 1.54) is 31.4 Å². The van der Waals surface area contributed by atoms with E-state index in [0.29, 0.717) is 35.8 Å². The van der Waals surface area contributed by atoms with Gasteiger partial charge >= 0.3 is 5.97 Å². The molecule has 0 bridgehead atoms. The first kappa shape index (κ1) is 22.6. The van der Waals surface area contributed by atoms with E-state index in [1.54, 1.807) is 36.3 Å². The third-order valence-corrected chi connectivity index (χ3v) is 4.77. The lowest BCUT2D eigenvalue weighted by atomic mass is 10.1. The van der Waals surface area contributed by atoms with Crippen molar-refractivity contribution in [1.82, 2.24) is 9.97 Å². The number of benzene rings is 2. The highest BCUT2D eigenvalue weighted by Crippen LogP contribution is 2.28. The zero-order chi connectivity index (χ0) is 22.4. The Morgan fingerprint density at radius 1 is 1.03 bits per heavy atom. The van der Waals surface area contributed by atoms with Gasteiger partial charge in [0.2, 0.25) is 0 Å². The number of nitrogens with zero attached hydrogens (tertiary/aromatic N) is 3. The first-order valence-electron chi connectivity index (χ1n) is 9.32. The minimum Gasteiger partial charge on any atom is -0.468 e. The molecule has 0 N–H and O–H groups in total. The molecule has 3 rings (SSSR count). The van der Waals surface area contributed by atoms with Gasteiger partial charge in [-0.1, -0.05) is 11.6 Å². The van der Waals surface area contributed by atoms with E-state index in [2.05, 4.69) is 9.97 Å². The smallest absolute Gasteiger partial charge is 0.325 e. The minimum absolute atomic E-state index is 0.0222. The van der Waals surface area contributed by atoms with Crippen molar-refractivity contribution in [2.45, 2.75) is 0 Å². The molecule has 0 saturated carbocycles. The molecule has 0 unspecified atom stereocenters. The van der Waals surface area contributed by atoms with E-state index in [0.717, 1.165) is 0 Å². The van der Waals surface area contributed by atoms with E-state index in [-0.39, 0.29) is 23.2 Å². The second-order valence-electron chi connectivity index (χ2n) is 6.56. The number of hydrogen-bond donors (Lipinski definition) is 0. The van der Waals surface area contributed by atoms with Gasteiger partial charge in [0, 0.05) is 30.8 Å². The molecule has 0 aliphatic carbocycles. The van der Waals surface area contributed by atoms with Crippen LogP contribution in [-0.4, -0.2) is 49.9 Å². The number of rotatable bonds is 8. The second-order valence-corrected chi connectivity index (χ2v) is 6.97. The van der Waals surface area contributed by atoms with Crippen LogP contribution >= 0.6 is 11.6 Å². The molecule has 3 aromatic rings. The summed E-state index contributed by atoms with van der Waals surface area (Å²) in [5.74, 6) is -0.827. The second kappa shape index (κ2) is 10.3. The summed E-state index contributed by atoms with van der Waals surface area (Å²) >= 11 is 5.80. The molecule has 0 atom stereocenters. The van der Waals surface area contributed by atoms with Crippen molar-refractivity contribution in [3.63, 3.8) is 0 Å². The van der Waals surface area contributed by atoms with Crippen molar-refractivity contribution in [3.8, 4) is 22.6 Å². The topological polar surface area (TPSA) is 64.5 Å². The molecule has 1 heterocycles. The Hall–Kier alpha value is -3.10. The normalized spacial score (nSPS) is 10.7. The van der Waals surface area contributed by atoms with E-state index in [1.807, 2.05) is 0 Å². The predicted octanol–water partition coefficient (Wildman–Crippen LogP) is 4.37. The summed E-state index contributed by atoms with van der Waals surface area (Å²) in [7, 11) is 2.84. The molecule has 2 aromatic carbocycles. The summed E-state index contributed by atoms with van der Waals surface area (Å²) in [6.07, 6.45) is 0. The maximum absolute atomic E-state index is 14.1. The molecule has 162 valence electrons. The summed E-state index contributed by atoms with van der Waals surface area (Å²) in [6.45, 7) is 0.603. The number of ether oxygens (including phenoxy) is 2. The maximum Gasteiger partial charge on any atom is 0.325 e. The van der Waals surface area contributed by atoms with E-state index < -0.39 is 11.8 Å². The van der Waals surface area contributed by atoms with Crippen LogP contribution in [0.3, 0.4) is 0 Å². The fourth-order valence-corrected chi connectivity index (χ4v) is 2.94. The van der Waals surface area contributed by atoms with Crippen LogP contribution in [0.5, 0.6) is 0 Å². The zero-order valence-electron chi connectivity index (χ0n) is 16.9.